The maximum Gasteiger partial charge on any atom is 0.289 e. The van der Waals surface area contributed by atoms with Gasteiger partial charge in [-0.1, -0.05) is 31.5 Å². The van der Waals surface area contributed by atoms with E-state index in [1.165, 1.54) is 0 Å². The average molecular weight is 369 g/mol. The number of nitro groups is 1. The Labute approximate surface area is 152 Å². The van der Waals surface area contributed by atoms with Gasteiger partial charge in [0.05, 0.1) is 10.8 Å². The van der Waals surface area contributed by atoms with E-state index >= 15 is 0 Å². The maximum atomic E-state index is 11.7. The SMILES string of the molecule is CCCO[C@H]1C[C@@H](C)[14C]([N+](=O)[O-])=C2N(Cc3ccc(Cl)nc3)CCN21. The number of fused-ring (bicyclic) bond motifs is 1. The van der Waals surface area contributed by atoms with Crippen molar-refractivity contribution >= 4 is 11.6 Å². The second-order valence-corrected chi connectivity index (χ2v) is 6.92. The van der Waals surface area contributed by atoms with E-state index < -0.39 is 0 Å². The third-order valence-electron chi connectivity index (χ3n) is 4.65. The molecule has 2 atom stereocenters. The molecule has 2 aliphatic heterocycles. The van der Waals surface area contributed by atoms with E-state index in [2.05, 4.69) is 21.7 Å². The van der Waals surface area contributed by atoms with E-state index in [4.69, 9.17) is 16.3 Å². The molecule has 1 saturated heterocycles. The molecule has 0 aromatic carbocycles. The van der Waals surface area contributed by atoms with Crippen LogP contribution >= 0.6 is 11.6 Å². The lowest BCUT2D eigenvalue weighted by atomic mass is 10.1. The van der Waals surface area contributed by atoms with Gasteiger partial charge in [0.25, 0.3) is 5.70 Å². The number of hydrogen-bond acceptors (Lipinski definition) is 6. The molecule has 0 spiro atoms. The number of ether oxygens (including phenoxy) is 1. The van der Waals surface area contributed by atoms with E-state index in [1.807, 2.05) is 13.0 Å². The van der Waals surface area contributed by atoms with Crippen molar-refractivity contribution in [2.45, 2.75) is 39.5 Å². The topological polar surface area (TPSA) is 71.7 Å². The van der Waals surface area contributed by atoms with E-state index in [0.29, 0.717) is 30.5 Å². The Kier molecular flexibility index (Phi) is 5.44. The van der Waals surface area contributed by atoms with Crippen molar-refractivity contribution in [1.82, 2.24) is 14.8 Å². The highest BCUT2D eigenvalue weighted by Crippen LogP contribution is 2.37. The Morgan fingerprint density at radius 2 is 2.28 bits per heavy atom. The zero-order valence-corrected chi connectivity index (χ0v) is 15.3. The Bertz CT molecular complexity index is 664. The predicted octanol–water partition coefficient (Wildman–Crippen LogP) is 3.09. The molecule has 0 unspecified atom stereocenters. The minimum atomic E-state index is -0.235. The lowest BCUT2D eigenvalue weighted by molar-refractivity contribution is -0.439. The molecule has 0 N–H and O–H groups in total. The van der Waals surface area contributed by atoms with Crippen LogP contribution in [0, 0.1) is 16.0 Å². The first kappa shape index (κ1) is 17.9. The van der Waals surface area contributed by atoms with Gasteiger partial charge in [-0.3, -0.25) is 10.1 Å². The molecule has 3 heterocycles. The number of allylic oxidation sites excluding steroid dienone is 1. The summed E-state index contributed by atoms with van der Waals surface area (Å²) in [5.74, 6) is 0.548. The minimum Gasteiger partial charge on any atom is -0.358 e. The van der Waals surface area contributed by atoms with Crippen LogP contribution in [0.25, 0.3) is 0 Å². The van der Waals surface area contributed by atoms with Crippen LogP contribution in [0.5, 0.6) is 0 Å². The highest BCUT2D eigenvalue weighted by molar-refractivity contribution is 6.29. The molecule has 0 saturated carbocycles. The monoisotopic (exact) mass is 368 g/mol. The standard InChI is InChI=1S/C17H23ClN4O3/c1-3-8-25-15-9-12(2)16(22(23)24)17-20(6-7-21(15)17)11-13-4-5-14(18)19-10-13/h4-5,10,12,15H,3,6-9,11H2,1-2H3/t12-,15+/m1/s1/i16+2. The number of nitrogens with zero attached hydrogens (tertiary/aromatic N) is 4. The van der Waals surface area contributed by atoms with Crippen LogP contribution in [-0.2, 0) is 11.3 Å². The van der Waals surface area contributed by atoms with Crippen LogP contribution in [0.3, 0.4) is 0 Å². The van der Waals surface area contributed by atoms with Crippen molar-refractivity contribution in [2.75, 3.05) is 19.7 Å². The first-order valence-corrected chi connectivity index (χ1v) is 9.01. The number of halogens is 1. The van der Waals surface area contributed by atoms with Gasteiger partial charge in [0.1, 0.15) is 11.4 Å². The van der Waals surface area contributed by atoms with E-state index in [-0.39, 0.29) is 22.8 Å². The lowest BCUT2D eigenvalue weighted by Gasteiger charge is -2.37. The Balaban J connectivity index is 1.89. The number of rotatable bonds is 6. The summed E-state index contributed by atoms with van der Waals surface area (Å²) in [5, 5.41) is 12.1. The summed E-state index contributed by atoms with van der Waals surface area (Å²) in [6, 6.07) is 3.64. The third kappa shape index (κ3) is 3.72. The largest absolute Gasteiger partial charge is 0.358 e. The quantitative estimate of drug-likeness (QED) is 0.436. The Morgan fingerprint density at radius 3 is 2.92 bits per heavy atom. The van der Waals surface area contributed by atoms with Crippen LogP contribution in [0.1, 0.15) is 32.3 Å². The van der Waals surface area contributed by atoms with Gasteiger partial charge in [-0.25, -0.2) is 4.98 Å². The highest BCUT2D eigenvalue weighted by Gasteiger charge is 2.45. The molecule has 25 heavy (non-hydrogen) atoms. The van der Waals surface area contributed by atoms with Gasteiger partial charge in [-0.05, 0) is 18.1 Å². The molecule has 0 bridgehead atoms. The first-order valence-electron chi connectivity index (χ1n) is 8.63. The van der Waals surface area contributed by atoms with Crippen molar-refractivity contribution < 1.29 is 9.66 Å². The van der Waals surface area contributed by atoms with Gasteiger partial charge in [-0.2, -0.15) is 0 Å². The van der Waals surface area contributed by atoms with Gasteiger partial charge in [-0.15, -0.1) is 0 Å². The van der Waals surface area contributed by atoms with Crippen LogP contribution < -0.4 is 0 Å². The molecule has 2 aliphatic rings. The maximum absolute atomic E-state index is 11.7. The molecular weight excluding hydrogens is 346 g/mol. The first-order chi connectivity index (χ1) is 12.0. The average Bonchev–Trinajstić information content (AvgIpc) is 2.98. The summed E-state index contributed by atoms with van der Waals surface area (Å²) in [6.07, 6.45) is 3.20. The lowest BCUT2D eigenvalue weighted by Crippen LogP contribution is -2.43. The Morgan fingerprint density at radius 1 is 1.48 bits per heavy atom. The van der Waals surface area contributed by atoms with Crippen molar-refractivity contribution in [3.05, 3.63) is 50.7 Å². The van der Waals surface area contributed by atoms with Gasteiger partial charge in [0, 0.05) is 38.9 Å². The molecule has 0 amide bonds. The van der Waals surface area contributed by atoms with Crippen LogP contribution in [0.15, 0.2) is 29.8 Å². The smallest absolute Gasteiger partial charge is 0.289 e. The summed E-state index contributed by atoms with van der Waals surface area (Å²) in [5.41, 5.74) is 1.27. The normalized spacial score (nSPS) is 23.2. The van der Waals surface area contributed by atoms with E-state index in [9.17, 15) is 10.1 Å². The van der Waals surface area contributed by atoms with Crippen molar-refractivity contribution in [3.8, 4) is 0 Å². The molecule has 8 heteroatoms. The minimum absolute atomic E-state index is 0.0954. The van der Waals surface area contributed by atoms with E-state index in [0.717, 1.165) is 25.1 Å². The van der Waals surface area contributed by atoms with Crippen LogP contribution in [-0.4, -0.2) is 45.6 Å². The van der Waals surface area contributed by atoms with Crippen LogP contribution in [0.2, 0.25) is 5.15 Å². The summed E-state index contributed by atoms with van der Waals surface area (Å²) in [6.45, 7) is 6.67. The van der Waals surface area contributed by atoms with Crippen LogP contribution in [0.4, 0.5) is 0 Å². The summed E-state index contributed by atoms with van der Waals surface area (Å²) >= 11 is 5.84. The Hall–Kier alpha value is -1.86. The summed E-state index contributed by atoms with van der Waals surface area (Å²) in [7, 11) is 0. The number of pyridine rings is 1. The number of hydrogen-bond donors (Lipinski definition) is 0. The fraction of sp³-hybridized carbons (Fsp3) is 0.588. The fourth-order valence-electron chi connectivity index (χ4n) is 3.52. The molecule has 7 nitrogen and oxygen atoms in total. The molecule has 1 fully saturated rings. The molecule has 1 aromatic heterocycles. The van der Waals surface area contributed by atoms with Crippen molar-refractivity contribution in [3.63, 3.8) is 0 Å². The van der Waals surface area contributed by atoms with Crippen molar-refractivity contribution in [1.29, 1.82) is 0 Å². The summed E-state index contributed by atoms with van der Waals surface area (Å²) in [4.78, 5) is 19.7. The second kappa shape index (κ2) is 7.58. The molecule has 136 valence electrons. The van der Waals surface area contributed by atoms with Gasteiger partial charge >= 0.3 is 0 Å². The van der Waals surface area contributed by atoms with Crippen molar-refractivity contribution in [2.24, 2.45) is 5.92 Å². The zero-order valence-electron chi connectivity index (χ0n) is 14.5. The van der Waals surface area contributed by atoms with Gasteiger partial charge in [0.15, 0.2) is 5.82 Å². The molecule has 1 aromatic rings. The summed E-state index contributed by atoms with van der Waals surface area (Å²) < 4.78 is 5.97. The molecule has 3 rings (SSSR count). The van der Waals surface area contributed by atoms with E-state index in [1.54, 1.807) is 12.3 Å². The van der Waals surface area contributed by atoms with Gasteiger partial charge < -0.3 is 14.5 Å². The zero-order chi connectivity index (χ0) is 18.0. The second-order valence-electron chi connectivity index (χ2n) is 6.53. The molecular formula is C17H23ClN4O3. The highest BCUT2D eigenvalue weighted by atomic mass is 35.5. The number of aromatic nitrogens is 1. The van der Waals surface area contributed by atoms with Gasteiger partial charge in [0.2, 0.25) is 0 Å². The third-order valence-corrected chi connectivity index (χ3v) is 4.88. The molecule has 0 aliphatic carbocycles. The fourth-order valence-corrected chi connectivity index (χ4v) is 3.63. The predicted molar refractivity (Wildman–Crippen MR) is 94.2 cm³/mol. The molecule has 0 radical (unpaired) electrons.